The van der Waals surface area contributed by atoms with Crippen molar-refractivity contribution in [3.05, 3.63) is 66.5 Å². The zero-order chi connectivity index (χ0) is 38.3. The standard InChI is InChI=1S/C41H51N7O5Si/c1-24-48-31-15-13-25(29-20-42-36(44-29)32-11-10-16-46(32)38(49)52-40(2,3)4)17-27(31)18-33(48)28-14-12-26(19-35(28)51-24)30-21-43-37(45-30)34-22-54(8,9)23-47(34)39(50)53-41(5,6)7/h12-15,17-21,24,32,34H,10-11,16,22-23H2,1-9H3,(H,42,44)(H,43,45). The fourth-order valence-electron chi connectivity index (χ4n) is 8.16. The predicted molar refractivity (Wildman–Crippen MR) is 211 cm³/mol. The summed E-state index contributed by atoms with van der Waals surface area (Å²) in [7, 11) is -1.65. The van der Waals surface area contributed by atoms with E-state index in [1.165, 1.54) is 0 Å². The molecule has 3 atom stereocenters. The van der Waals surface area contributed by atoms with Crippen molar-refractivity contribution in [1.82, 2.24) is 34.3 Å². The van der Waals surface area contributed by atoms with Gasteiger partial charge in [0, 0.05) is 34.8 Å². The highest BCUT2D eigenvalue weighted by molar-refractivity contribution is 6.78. The van der Waals surface area contributed by atoms with Crippen molar-refractivity contribution >= 4 is 31.2 Å². The molecule has 5 aromatic rings. The molecule has 2 amide bonds. The number of benzene rings is 2. The summed E-state index contributed by atoms with van der Waals surface area (Å²) in [5.74, 6) is 2.36. The van der Waals surface area contributed by atoms with Gasteiger partial charge in [0.1, 0.15) is 28.6 Å². The number of carbonyl (C=O) groups excluding carboxylic acids is 2. The number of aromatic nitrogens is 5. The summed E-state index contributed by atoms with van der Waals surface area (Å²) in [6, 6.07) is 15.6. The SMILES string of the molecule is CC1Oc2cc(-c3cnc(C4C[Si](C)(C)CN4C(=O)OC(C)(C)C)[nH]3)ccc2-c2cc3cc(-c4cnc(C5CCCN5C(=O)OC(C)(C)C)[nH]4)ccc3n21. The molecule has 2 saturated heterocycles. The van der Waals surface area contributed by atoms with Gasteiger partial charge in [0.05, 0.1) is 55.1 Å². The molecule has 2 fully saturated rings. The monoisotopic (exact) mass is 749 g/mol. The van der Waals surface area contributed by atoms with Crippen LogP contribution in [0, 0.1) is 0 Å². The third-order valence-electron chi connectivity index (χ3n) is 10.4. The number of fused-ring (bicyclic) bond motifs is 5. The van der Waals surface area contributed by atoms with Crippen LogP contribution in [0.2, 0.25) is 19.1 Å². The molecule has 0 aliphatic carbocycles. The Morgan fingerprint density at radius 3 is 2.11 bits per heavy atom. The Morgan fingerprint density at radius 1 is 0.833 bits per heavy atom. The quantitative estimate of drug-likeness (QED) is 0.175. The molecule has 13 heteroatoms. The van der Waals surface area contributed by atoms with Crippen molar-refractivity contribution < 1.29 is 23.8 Å². The Bertz CT molecular complexity index is 2260. The fourth-order valence-corrected chi connectivity index (χ4v) is 11.0. The number of ether oxygens (including phenoxy) is 3. The summed E-state index contributed by atoms with van der Waals surface area (Å²) in [6.07, 6.45) is 5.37. The summed E-state index contributed by atoms with van der Waals surface area (Å²) in [6.45, 7) is 18.7. The van der Waals surface area contributed by atoms with Gasteiger partial charge in [-0.15, -0.1) is 0 Å². The molecule has 0 saturated carbocycles. The van der Waals surface area contributed by atoms with Crippen molar-refractivity contribution in [3.63, 3.8) is 0 Å². The Morgan fingerprint density at radius 2 is 1.44 bits per heavy atom. The minimum absolute atomic E-state index is 0.143. The van der Waals surface area contributed by atoms with E-state index in [0.717, 1.165) is 87.1 Å². The molecule has 0 spiro atoms. The van der Waals surface area contributed by atoms with Crippen molar-refractivity contribution in [1.29, 1.82) is 0 Å². The van der Waals surface area contributed by atoms with E-state index in [0.29, 0.717) is 6.54 Å². The van der Waals surface area contributed by atoms with Gasteiger partial charge in [-0.1, -0.05) is 25.2 Å². The molecule has 8 rings (SSSR count). The highest BCUT2D eigenvalue weighted by Gasteiger charge is 2.45. The molecule has 0 bridgehead atoms. The maximum absolute atomic E-state index is 13.2. The van der Waals surface area contributed by atoms with E-state index in [1.807, 2.05) is 58.8 Å². The van der Waals surface area contributed by atoms with Crippen LogP contribution in [0.15, 0.2) is 54.9 Å². The van der Waals surface area contributed by atoms with Gasteiger partial charge in [0.2, 0.25) is 0 Å². The molecule has 12 nitrogen and oxygen atoms in total. The lowest BCUT2D eigenvalue weighted by atomic mass is 10.0. The van der Waals surface area contributed by atoms with E-state index in [2.05, 4.69) is 77.0 Å². The smallest absolute Gasteiger partial charge is 0.410 e. The number of carbonyl (C=O) groups is 2. The second-order valence-corrected chi connectivity index (χ2v) is 22.8. The van der Waals surface area contributed by atoms with Crippen LogP contribution in [0.4, 0.5) is 9.59 Å². The van der Waals surface area contributed by atoms with Gasteiger partial charge in [-0.2, -0.15) is 0 Å². The van der Waals surface area contributed by atoms with Crippen LogP contribution in [0.1, 0.15) is 91.3 Å². The second kappa shape index (κ2) is 12.8. The van der Waals surface area contributed by atoms with Crippen LogP contribution < -0.4 is 4.74 Å². The predicted octanol–water partition coefficient (Wildman–Crippen LogP) is 9.61. The van der Waals surface area contributed by atoms with Crippen molar-refractivity contribution in [2.75, 3.05) is 12.7 Å². The highest BCUT2D eigenvalue weighted by Crippen LogP contribution is 2.45. The second-order valence-electron chi connectivity index (χ2n) is 17.8. The normalized spacial score (nSPS) is 20.9. The van der Waals surface area contributed by atoms with Gasteiger partial charge in [0.15, 0.2) is 6.23 Å². The van der Waals surface area contributed by atoms with Crippen LogP contribution in [0.3, 0.4) is 0 Å². The number of likely N-dealkylation sites (tertiary alicyclic amines) is 1. The van der Waals surface area contributed by atoms with Gasteiger partial charge in [-0.25, -0.2) is 19.6 Å². The van der Waals surface area contributed by atoms with Gasteiger partial charge in [-0.3, -0.25) is 4.90 Å². The first kappa shape index (κ1) is 36.0. The zero-order valence-electron chi connectivity index (χ0n) is 32.7. The molecular formula is C41H51N7O5Si. The van der Waals surface area contributed by atoms with Gasteiger partial charge in [-0.05, 0) is 97.7 Å². The summed E-state index contributed by atoms with van der Waals surface area (Å²) in [4.78, 5) is 46.4. The highest BCUT2D eigenvalue weighted by atomic mass is 28.3. The van der Waals surface area contributed by atoms with E-state index in [-0.39, 0.29) is 30.5 Å². The Balaban J connectivity index is 1.04. The summed E-state index contributed by atoms with van der Waals surface area (Å²) >= 11 is 0. The minimum atomic E-state index is -1.65. The maximum Gasteiger partial charge on any atom is 0.410 e. The Kier molecular flexibility index (Phi) is 8.51. The van der Waals surface area contributed by atoms with Gasteiger partial charge >= 0.3 is 12.2 Å². The molecule has 2 N–H and O–H groups in total. The first-order valence-corrected chi connectivity index (χ1v) is 22.4. The lowest BCUT2D eigenvalue weighted by Gasteiger charge is -2.28. The number of nitrogens with one attached hydrogen (secondary N) is 2. The molecule has 3 aliphatic rings. The van der Waals surface area contributed by atoms with E-state index in [1.54, 1.807) is 4.90 Å². The lowest BCUT2D eigenvalue weighted by Crippen LogP contribution is -2.39. The fraction of sp³-hybridized carbons (Fsp3) is 0.463. The third kappa shape index (κ3) is 6.78. The van der Waals surface area contributed by atoms with Crippen LogP contribution in [-0.4, -0.2) is 78.5 Å². The minimum Gasteiger partial charge on any atom is -0.470 e. The Hall–Kier alpha value is -5.04. The molecule has 284 valence electrons. The number of rotatable bonds is 4. The number of nitrogens with zero attached hydrogens (tertiary/aromatic N) is 5. The molecule has 6 heterocycles. The average molecular weight is 750 g/mol. The number of hydrogen-bond donors (Lipinski definition) is 2. The van der Waals surface area contributed by atoms with Crippen molar-refractivity contribution in [2.45, 2.75) is 110 Å². The first-order valence-electron chi connectivity index (χ1n) is 19.0. The van der Waals surface area contributed by atoms with Crippen molar-refractivity contribution in [2.24, 2.45) is 0 Å². The molecule has 54 heavy (non-hydrogen) atoms. The van der Waals surface area contributed by atoms with Crippen LogP contribution >= 0.6 is 0 Å². The van der Waals surface area contributed by atoms with Crippen LogP contribution in [0.5, 0.6) is 5.75 Å². The largest absolute Gasteiger partial charge is 0.470 e. The summed E-state index contributed by atoms with van der Waals surface area (Å²) < 4.78 is 20.3. The van der Waals surface area contributed by atoms with E-state index < -0.39 is 19.3 Å². The Labute approximate surface area is 317 Å². The summed E-state index contributed by atoms with van der Waals surface area (Å²) in [5, 5.41) is 1.10. The number of imidazole rings is 2. The molecule has 3 aliphatic heterocycles. The third-order valence-corrected chi connectivity index (χ3v) is 13.1. The van der Waals surface area contributed by atoms with Gasteiger partial charge < -0.3 is 33.6 Å². The van der Waals surface area contributed by atoms with E-state index in [9.17, 15) is 9.59 Å². The lowest BCUT2D eigenvalue weighted by molar-refractivity contribution is 0.0212. The number of amides is 2. The first-order chi connectivity index (χ1) is 25.4. The van der Waals surface area contributed by atoms with Crippen molar-refractivity contribution in [3.8, 4) is 39.5 Å². The van der Waals surface area contributed by atoms with Crippen LogP contribution in [-0.2, 0) is 9.47 Å². The molecule has 0 radical (unpaired) electrons. The topological polar surface area (TPSA) is 131 Å². The average Bonchev–Trinajstić information content (AvgIpc) is 3.91. The van der Waals surface area contributed by atoms with E-state index in [4.69, 9.17) is 24.2 Å². The maximum atomic E-state index is 13.2. The zero-order valence-corrected chi connectivity index (χ0v) is 33.7. The molecule has 2 aromatic carbocycles. The van der Waals surface area contributed by atoms with E-state index >= 15 is 0 Å². The summed E-state index contributed by atoms with van der Waals surface area (Å²) in [5.41, 5.74) is 5.83. The number of hydrogen-bond acceptors (Lipinski definition) is 7. The number of H-pyrrole nitrogens is 2. The van der Waals surface area contributed by atoms with Crippen LogP contribution in [0.25, 0.3) is 44.7 Å². The van der Waals surface area contributed by atoms with Gasteiger partial charge in [0.25, 0.3) is 0 Å². The molecular weight excluding hydrogens is 699 g/mol. The molecule has 3 aromatic heterocycles. The number of aromatic amines is 2. The molecule has 3 unspecified atom stereocenters.